The zero-order chi connectivity index (χ0) is 10.2. The molecule has 0 aromatic heterocycles. The highest BCUT2D eigenvalue weighted by Crippen LogP contribution is 2.16. The van der Waals surface area contributed by atoms with Gasteiger partial charge in [-0.3, -0.25) is 0 Å². The van der Waals surface area contributed by atoms with Crippen LogP contribution in [0.2, 0.25) is 0 Å². The smallest absolute Gasteiger partial charge is 0.134 e. The summed E-state index contributed by atoms with van der Waals surface area (Å²) in [5.41, 5.74) is 0.829. The second-order valence-electron chi connectivity index (χ2n) is 2.80. The van der Waals surface area contributed by atoms with E-state index in [9.17, 15) is 0 Å². The maximum Gasteiger partial charge on any atom is 0.134 e. The number of aliphatic hydroxyl groups is 1. The fraction of sp³-hybridized carbons (Fsp3) is 0.333. The molecule has 0 unspecified atom stereocenters. The lowest BCUT2D eigenvalue weighted by Gasteiger charge is -2.05. The van der Waals surface area contributed by atoms with E-state index >= 15 is 0 Å². The number of aliphatic hydroxyl groups excluding tert-OH is 1. The Balaban J connectivity index is 2.80. The SMILES string of the molecule is CCCOc1ccccc1C#CCO. The fourth-order valence-corrected chi connectivity index (χ4v) is 1.04. The first kappa shape index (κ1) is 10.6. The number of hydrogen-bond donors (Lipinski definition) is 1. The van der Waals surface area contributed by atoms with E-state index < -0.39 is 0 Å². The van der Waals surface area contributed by atoms with Gasteiger partial charge in [0.2, 0.25) is 0 Å². The van der Waals surface area contributed by atoms with E-state index in [1.165, 1.54) is 0 Å². The highest BCUT2D eigenvalue weighted by Gasteiger charge is 1.97. The van der Waals surface area contributed by atoms with Crippen molar-refractivity contribution in [1.82, 2.24) is 0 Å². The molecule has 0 amide bonds. The molecule has 2 nitrogen and oxygen atoms in total. The van der Waals surface area contributed by atoms with Crippen molar-refractivity contribution < 1.29 is 9.84 Å². The van der Waals surface area contributed by atoms with Gasteiger partial charge in [-0.1, -0.05) is 30.9 Å². The minimum Gasteiger partial charge on any atom is -0.492 e. The van der Waals surface area contributed by atoms with Gasteiger partial charge in [-0.2, -0.15) is 0 Å². The van der Waals surface area contributed by atoms with Crippen LogP contribution >= 0.6 is 0 Å². The molecular formula is C12H14O2. The summed E-state index contributed by atoms with van der Waals surface area (Å²) in [7, 11) is 0. The molecule has 0 bridgehead atoms. The van der Waals surface area contributed by atoms with Gasteiger partial charge in [-0.25, -0.2) is 0 Å². The second kappa shape index (κ2) is 6.06. The van der Waals surface area contributed by atoms with Crippen molar-refractivity contribution in [3.63, 3.8) is 0 Å². The molecule has 1 rings (SSSR count). The van der Waals surface area contributed by atoms with Crippen LogP contribution in [0.4, 0.5) is 0 Å². The molecule has 1 aromatic rings. The largest absolute Gasteiger partial charge is 0.492 e. The number of para-hydroxylation sites is 1. The lowest BCUT2D eigenvalue weighted by Crippen LogP contribution is -1.96. The maximum atomic E-state index is 8.58. The number of rotatable bonds is 3. The average Bonchev–Trinajstić information content (AvgIpc) is 2.24. The van der Waals surface area contributed by atoms with Crippen LogP contribution in [0.3, 0.4) is 0 Å². The monoisotopic (exact) mass is 190 g/mol. The van der Waals surface area contributed by atoms with Crippen molar-refractivity contribution in [1.29, 1.82) is 0 Å². The summed E-state index contributed by atoms with van der Waals surface area (Å²) in [6, 6.07) is 7.58. The van der Waals surface area contributed by atoms with E-state index in [2.05, 4.69) is 18.8 Å². The minimum absolute atomic E-state index is 0.123. The Hall–Kier alpha value is -1.46. The molecule has 0 saturated heterocycles. The quantitative estimate of drug-likeness (QED) is 0.737. The van der Waals surface area contributed by atoms with Gasteiger partial charge in [0, 0.05) is 0 Å². The number of hydrogen-bond acceptors (Lipinski definition) is 2. The van der Waals surface area contributed by atoms with Crippen molar-refractivity contribution in [2.24, 2.45) is 0 Å². The Bertz CT molecular complexity index is 334. The number of benzene rings is 1. The fourth-order valence-electron chi connectivity index (χ4n) is 1.04. The third kappa shape index (κ3) is 3.12. The lowest BCUT2D eigenvalue weighted by atomic mass is 10.2. The van der Waals surface area contributed by atoms with Gasteiger partial charge in [0.25, 0.3) is 0 Å². The van der Waals surface area contributed by atoms with Crippen molar-refractivity contribution in [3.05, 3.63) is 29.8 Å². The molecule has 0 saturated carbocycles. The Morgan fingerprint density at radius 2 is 2.14 bits per heavy atom. The van der Waals surface area contributed by atoms with Crippen LogP contribution in [0.25, 0.3) is 0 Å². The summed E-state index contributed by atoms with van der Waals surface area (Å²) in [5, 5.41) is 8.58. The molecule has 2 heteroatoms. The first-order valence-corrected chi connectivity index (χ1v) is 4.70. The Kier molecular flexibility index (Phi) is 4.60. The molecule has 1 N–H and O–H groups in total. The molecule has 0 atom stereocenters. The maximum absolute atomic E-state index is 8.58. The molecule has 0 radical (unpaired) electrons. The second-order valence-corrected chi connectivity index (χ2v) is 2.80. The van der Waals surface area contributed by atoms with Crippen molar-refractivity contribution in [3.8, 4) is 17.6 Å². The average molecular weight is 190 g/mol. The van der Waals surface area contributed by atoms with Crippen LogP contribution in [0.15, 0.2) is 24.3 Å². The van der Waals surface area contributed by atoms with Crippen LogP contribution in [0, 0.1) is 11.8 Å². The van der Waals surface area contributed by atoms with Gasteiger partial charge < -0.3 is 9.84 Å². The third-order valence-electron chi connectivity index (χ3n) is 1.65. The predicted molar refractivity (Wildman–Crippen MR) is 56.2 cm³/mol. The van der Waals surface area contributed by atoms with Crippen LogP contribution in [-0.4, -0.2) is 18.3 Å². The molecular weight excluding hydrogens is 176 g/mol. The van der Waals surface area contributed by atoms with Gasteiger partial charge in [0.05, 0.1) is 12.2 Å². The van der Waals surface area contributed by atoms with Gasteiger partial charge in [-0.05, 0) is 18.6 Å². The van der Waals surface area contributed by atoms with E-state index in [1.54, 1.807) is 0 Å². The van der Waals surface area contributed by atoms with Crippen molar-refractivity contribution in [2.45, 2.75) is 13.3 Å². The zero-order valence-corrected chi connectivity index (χ0v) is 8.29. The summed E-state index contributed by atoms with van der Waals surface area (Å²) >= 11 is 0. The van der Waals surface area contributed by atoms with Crippen LogP contribution < -0.4 is 4.74 Å². The summed E-state index contributed by atoms with van der Waals surface area (Å²) in [6.45, 7) is 2.63. The molecule has 0 fully saturated rings. The first-order valence-electron chi connectivity index (χ1n) is 4.70. The molecule has 0 spiro atoms. The molecule has 0 heterocycles. The van der Waals surface area contributed by atoms with Gasteiger partial charge >= 0.3 is 0 Å². The zero-order valence-electron chi connectivity index (χ0n) is 8.29. The molecule has 74 valence electrons. The highest BCUT2D eigenvalue weighted by molar-refractivity contribution is 5.45. The Morgan fingerprint density at radius 3 is 2.86 bits per heavy atom. The van der Waals surface area contributed by atoms with Gasteiger partial charge in [0.15, 0.2) is 0 Å². The first-order chi connectivity index (χ1) is 6.88. The Morgan fingerprint density at radius 1 is 1.36 bits per heavy atom. The Labute approximate surface area is 84.5 Å². The summed E-state index contributed by atoms with van der Waals surface area (Å²) < 4.78 is 5.50. The topological polar surface area (TPSA) is 29.5 Å². The molecule has 1 aromatic carbocycles. The molecule has 14 heavy (non-hydrogen) atoms. The molecule has 0 aliphatic heterocycles. The van der Waals surface area contributed by atoms with E-state index in [0.717, 1.165) is 17.7 Å². The predicted octanol–water partition coefficient (Wildman–Crippen LogP) is 1.82. The van der Waals surface area contributed by atoms with Gasteiger partial charge in [-0.15, -0.1) is 0 Å². The van der Waals surface area contributed by atoms with E-state index in [-0.39, 0.29) is 6.61 Å². The normalized spacial score (nSPS) is 9.00. The summed E-state index contributed by atoms with van der Waals surface area (Å²) in [5.74, 6) is 6.24. The third-order valence-corrected chi connectivity index (χ3v) is 1.65. The van der Waals surface area contributed by atoms with Crippen LogP contribution in [0.1, 0.15) is 18.9 Å². The number of ether oxygens (including phenoxy) is 1. The standard InChI is InChI=1S/C12H14O2/c1-2-10-14-12-8-4-3-6-11(12)7-5-9-13/h3-4,6,8,13H,2,9-10H2,1H3. The summed E-state index contributed by atoms with van der Waals surface area (Å²) in [6.07, 6.45) is 0.974. The van der Waals surface area contributed by atoms with Crippen molar-refractivity contribution in [2.75, 3.05) is 13.2 Å². The van der Waals surface area contributed by atoms with Crippen LogP contribution in [-0.2, 0) is 0 Å². The lowest BCUT2D eigenvalue weighted by molar-refractivity contribution is 0.316. The van der Waals surface area contributed by atoms with Crippen molar-refractivity contribution >= 4 is 0 Å². The minimum atomic E-state index is -0.123. The summed E-state index contributed by atoms with van der Waals surface area (Å²) in [4.78, 5) is 0. The van der Waals surface area contributed by atoms with Crippen LogP contribution in [0.5, 0.6) is 5.75 Å². The van der Waals surface area contributed by atoms with E-state index in [0.29, 0.717) is 6.61 Å². The highest BCUT2D eigenvalue weighted by atomic mass is 16.5. The van der Waals surface area contributed by atoms with Gasteiger partial charge in [0.1, 0.15) is 12.4 Å². The van der Waals surface area contributed by atoms with E-state index in [4.69, 9.17) is 9.84 Å². The molecule has 0 aliphatic rings. The van der Waals surface area contributed by atoms with E-state index in [1.807, 2.05) is 24.3 Å². The molecule has 0 aliphatic carbocycles.